The van der Waals surface area contributed by atoms with Gasteiger partial charge in [0.05, 0.1) is 11.6 Å². The Morgan fingerprint density at radius 2 is 2.04 bits per heavy atom. The molecule has 2 aliphatic carbocycles. The van der Waals surface area contributed by atoms with Crippen LogP contribution in [0.15, 0.2) is 36.5 Å². The Kier molecular flexibility index (Phi) is 3.79. The van der Waals surface area contributed by atoms with Crippen molar-refractivity contribution in [2.24, 2.45) is 24.1 Å². The average molecular weight is 363 g/mol. The van der Waals surface area contributed by atoms with Gasteiger partial charge in [-0.05, 0) is 36.2 Å². The van der Waals surface area contributed by atoms with Crippen LogP contribution in [0.4, 0.5) is 11.8 Å². The van der Waals surface area contributed by atoms with E-state index in [1.807, 2.05) is 43.6 Å². The van der Waals surface area contributed by atoms with Crippen molar-refractivity contribution < 1.29 is 0 Å². The molecule has 2 aliphatic rings. The summed E-state index contributed by atoms with van der Waals surface area (Å²) in [6.07, 6.45) is 5.99. The van der Waals surface area contributed by atoms with E-state index in [-0.39, 0.29) is 6.04 Å². The maximum atomic E-state index is 6.30. The van der Waals surface area contributed by atoms with Crippen molar-refractivity contribution >= 4 is 22.8 Å². The maximum Gasteiger partial charge on any atom is 0.226 e. The zero-order valence-electron chi connectivity index (χ0n) is 15.5. The first kappa shape index (κ1) is 16.5. The predicted octanol–water partition coefficient (Wildman–Crippen LogP) is 2.69. The summed E-state index contributed by atoms with van der Waals surface area (Å²) < 4.78 is 1.78. The molecule has 4 N–H and O–H groups in total. The van der Waals surface area contributed by atoms with Crippen molar-refractivity contribution in [3.63, 3.8) is 0 Å². The van der Waals surface area contributed by atoms with Crippen molar-refractivity contribution in [2.75, 3.05) is 23.7 Å². The molecule has 140 valence electrons. The van der Waals surface area contributed by atoms with Gasteiger partial charge in [-0.2, -0.15) is 15.1 Å². The molecule has 2 atom stereocenters. The molecular formula is C20H25N7. The highest BCUT2D eigenvalue weighted by molar-refractivity contribution is 5.87. The molecule has 2 saturated carbocycles. The molecule has 1 aromatic carbocycles. The minimum absolute atomic E-state index is 0.116. The largest absolute Gasteiger partial charge is 0.369 e. The van der Waals surface area contributed by atoms with Gasteiger partial charge in [0.1, 0.15) is 5.82 Å². The van der Waals surface area contributed by atoms with E-state index in [1.165, 1.54) is 19.3 Å². The van der Waals surface area contributed by atoms with Gasteiger partial charge in [-0.15, -0.1) is 0 Å². The molecular weight excluding hydrogens is 338 g/mol. The van der Waals surface area contributed by atoms with Gasteiger partial charge in [-0.3, -0.25) is 4.68 Å². The van der Waals surface area contributed by atoms with E-state index in [2.05, 4.69) is 20.7 Å². The fourth-order valence-electron chi connectivity index (χ4n) is 3.97. The molecule has 0 aliphatic heterocycles. The number of rotatable bonds is 7. The molecule has 5 rings (SSSR count). The summed E-state index contributed by atoms with van der Waals surface area (Å²) in [5.41, 5.74) is 8.88. The van der Waals surface area contributed by atoms with Gasteiger partial charge < -0.3 is 16.4 Å². The van der Waals surface area contributed by atoms with Crippen LogP contribution < -0.4 is 16.4 Å². The average Bonchev–Trinajstić information content (AvgIpc) is 3.59. The van der Waals surface area contributed by atoms with Crippen molar-refractivity contribution in [3.05, 3.63) is 42.1 Å². The van der Waals surface area contributed by atoms with E-state index in [4.69, 9.17) is 10.7 Å². The van der Waals surface area contributed by atoms with Gasteiger partial charge in [-0.25, -0.2) is 0 Å². The lowest BCUT2D eigenvalue weighted by atomic mass is 10.1. The molecule has 1 unspecified atom stereocenters. The number of benzene rings is 1. The van der Waals surface area contributed by atoms with Gasteiger partial charge >= 0.3 is 0 Å². The molecule has 27 heavy (non-hydrogen) atoms. The van der Waals surface area contributed by atoms with Gasteiger partial charge in [0.25, 0.3) is 0 Å². The fourth-order valence-corrected chi connectivity index (χ4v) is 3.97. The number of aryl methyl sites for hydroxylation is 1. The summed E-state index contributed by atoms with van der Waals surface area (Å²) in [4.78, 5) is 9.33. The quantitative estimate of drug-likeness (QED) is 0.597. The van der Waals surface area contributed by atoms with Crippen LogP contribution in [0, 0.1) is 11.3 Å². The molecule has 1 spiro atoms. The third-order valence-corrected chi connectivity index (χ3v) is 6.07. The molecule has 7 nitrogen and oxygen atoms in total. The standard InChI is InChI=1S/C20H25N7/c1-27-18-15(11-24-27)17(22-10-14-9-20(14)7-8-20)25-19(26-18)23-12-16(21)13-5-3-2-4-6-13/h2-6,11,14,16H,7-10,12,21H2,1H3,(H2,22,23,25,26)/t14?,16-/m0/s1. The van der Waals surface area contributed by atoms with E-state index in [1.54, 1.807) is 4.68 Å². The van der Waals surface area contributed by atoms with Crippen LogP contribution in [0.1, 0.15) is 30.9 Å². The molecule has 0 bridgehead atoms. The number of hydrogen-bond acceptors (Lipinski definition) is 6. The molecule has 3 aromatic rings. The van der Waals surface area contributed by atoms with Crippen LogP contribution in [-0.4, -0.2) is 32.8 Å². The summed E-state index contributed by atoms with van der Waals surface area (Å²) in [6.45, 7) is 1.54. The number of anilines is 2. The Hall–Kier alpha value is -2.67. The highest BCUT2D eigenvalue weighted by Crippen LogP contribution is 2.70. The van der Waals surface area contributed by atoms with E-state index in [0.717, 1.165) is 34.9 Å². The minimum Gasteiger partial charge on any atom is -0.369 e. The smallest absolute Gasteiger partial charge is 0.226 e. The van der Waals surface area contributed by atoms with Crippen LogP contribution in [0.5, 0.6) is 0 Å². The first-order chi connectivity index (χ1) is 13.1. The molecule has 7 heteroatoms. The SMILES string of the molecule is Cn1ncc2c(NCC3CC34CC4)nc(NC[C@H](N)c3ccccc3)nc21. The van der Waals surface area contributed by atoms with Crippen LogP contribution in [-0.2, 0) is 7.05 Å². The van der Waals surface area contributed by atoms with Crippen LogP contribution >= 0.6 is 0 Å². The Bertz CT molecular complexity index is 961. The second-order valence-corrected chi connectivity index (χ2v) is 7.94. The number of nitrogens with two attached hydrogens (primary N) is 1. The third-order valence-electron chi connectivity index (χ3n) is 6.07. The monoisotopic (exact) mass is 363 g/mol. The molecule has 0 amide bonds. The van der Waals surface area contributed by atoms with Gasteiger partial charge in [0.15, 0.2) is 5.65 Å². The van der Waals surface area contributed by atoms with Crippen LogP contribution in [0.2, 0.25) is 0 Å². The van der Waals surface area contributed by atoms with Crippen molar-refractivity contribution in [1.29, 1.82) is 0 Å². The van der Waals surface area contributed by atoms with Crippen molar-refractivity contribution in [3.8, 4) is 0 Å². The summed E-state index contributed by atoms with van der Waals surface area (Å²) in [7, 11) is 1.90. The molecule has 0 saturated heterocycles. The molecule has 2 fully saturated rings. The van der Waals surface area contributed by atoms with Gasteiger partial charge in [-0.1, -0.05) is 30.3 Å². The Balaban J connectivity index is 1.33. The fraction of sp³-hybridized carbons (Fsp3) is 0.450. The Labute approximate surface area is 158 Å². The number of aromatic nitrogens is 4. The van der Waals surface area contributed by atoms with Crippen molar-refractivity contribution in [2.45, 2.75) is 25.3 Å². The van der Waals surface area contributed by atoms with E-state index in [0.29, 0.717) is 17.9 Å². The first-order valence-electron chi connectivity index (χ1n) is 9.63. The van der Waals surface area contributed by atoms with Gasteiger partial charge in [0, 0.05) is 26.2 Å². The first-order valence-corrected chi connectivity index (χ1v) is 9.63. The van der Waals surface area contributed by atoms with Crippen LogP contribution in [0.3, 0.4) is 0 Å². The minimum atomic E-state index is -0.116. The lowest BCUT2D eigenvalue weighted by Crippen LogP contribution is -2.21. The lowest BCUT2D eigenvalue weighted by molar-refractivity contribution is 0.734. The predicted molar refractivity (Wildman–Crippen MR) is 106 cm³/mol. The Morgan fingerprint density at radius 1 is 1.22 bits per heavy atom. The molecule has 0 radical (unpaired) electrons. The number of nitrogens with zero attached hydrogens (tertiary/aromatic N) is 4. The molecule has 2 heterocycles. The summed E-state index contributed by atoms with van der Waals surface area (Å²) in [6, 6.07) is 9.95. The van der Waals surface area contributed by atoms with Crippen LogP contribution in [0.25, 0.3) is 11.0 Å². The highest BCUT2D eigenvalue weighted by atomic mass is 15.3. The zero-order valence-corrected chi connectivity index (χ0v) is 15.5. The highest BCUT2D eigenvalue weighted by Gasteiger charge is 2.62. The third kappa shape index (κ3) is 3.12. The molecule has 2 aromatic heterocycles. The number of hydrogen-bond donors (Lipinski definition) is 3. The second kappa shape index (κ2) is 6.20. The lowest BCUT2D eigenvalue weighted by Gasteiger charge is -2.14. The van der Waals surface area contributed by atoms with Crippen molar-refractivity contribution in [1.82, 2.24) is 19.7 Å². The summed E-state index contributed by atoms with van der Waals surface area (Å²) >= 11 is 0. The zero-order chi connectivity index (χ0) is 18.4. The topological polar surface area (TPSA) is 93.7 Å². The Morgan fingerprint density at radius 3 is 2.78 bits per heavy atom. The van der Waals surface area contributed by atoms with Gasteiger partial charge in [0.2, 0.25) is 5.95 Å². The maximum absolute atomic E-state index is 6.30. The van der Waals surface area contributed by atoms with E-state index in [9.17, 15) is 0 Å². The number of nitrogens with one attached hydrogen (secondary N) is 2. The number of fused-ring (bicyclic) bond motifs is 1. The van der Waals surface area contributed by atoms with E-state index >= 15 is 0 Å². The summed E-state index contributed by atoms with van der Waals surface area (Å²) in [5, 5.41) is 12.1. The normalized spacial score (nSPS) is 20.6. The summed E-state index contributed by atoms with van der Waals surface area (Å²) in [5.74, 6) is 2.23. The second-order valence-electron chi connectivity index (χ2n) is 7.94. The van der Waals surface area contributed by atoms with E-state index < -0.39 is 0 Å².